The van der Waals surface area contributed by atoms with Crippen LogP contribution >= 0.6 is 0 Å². The molecule has 362 valence electrons. The highest BCUT2D eigenvalue weighted by molar-refractivity contribution is 7.85. The molecule has 0 spiro atoms. The molecule has 0 radical (unpaired) electrons. The van der Waals surface area contributed by atoms with Crippen LogP contribution in [0.1, 0.15) is 125 Å². The minimum absolute atomic E-state index is 0.0313. The van der Waals surface area contributed by atoms with Crippen LogP contribution in [0.3, 0.4) is 0 Å². The van der Waals surface area contributed by atoms with Crippen molar-refractivity contribution in [1.29, 1.82) is 0 Å². The van der Waals surface area contributed by atoms with Gasteiger partial charge in [0.05, 0.1) is 10.3 Å². The number of hydrogen-bond donors (Lipinski definition) is 3. The summed E-state index contributed by atoms with van der Waals surface area (Å²) in [6.07, 6.45) is 13.8. The summed E-state index contributed by atoms with van der Waals surface area (Å²) in [5, 5.41) is 14.3. The summed E-state index contributed by atoms with van der Waals surface area (Å²) in [6, 6.07) is 11.2. The third kappa shape index (κ3) is 9.64. The number of imide groups is 1. The normalized spacial score (nSPS) is 20.1. The van der Waals surface area contributed by atoms with Crippen molar-refractivity contribution in [2.45, 2.75) is 141 Å². The first kappa shape index (κ1) is 49.8. The molecular formula is C53H65N4O10S+. The number of nitrogens with zero attached hydrogens (tertiary/aromatic N) is 3. The van der Waals surface area contributed by atoms with Crippen LogP contribution in [-0.4, -0.2) is 82.4 Å². The molecule has 1 fully saturated rings. The number of aryl methyl sites for hydroxylation is 1. The fourth-order valence-corrected chi connectivity index (χ4v) is 10.5. The van der Waals surface area contributed by atoms with Crippen LogP contribution in [-0.2, 0) is 51.4 Å². The third-order valence-electron chi connectivity index (χ3n) is 14.2. The summed E-state index contributed by atoms with van der Waals surface area (Å²) < 4.78 is 42.9. The van der Waals surface area contributed by atoms with E-state index in [1.54, 1.807) is 6.07 Å². The van der Waals surface area contributed by atoms with Gasteiger partial charge in [0.15, 0.2) is 11.3 Å². The lowest BCUT2D eigenvalue weighted by Crippen LogP contribution is -2.51. The van der Waals surface area contributed by atoms with Crippen molar-refractivity contribution in [2.24, 2.45) is 0 Å². The Bertz CT molecular complexity index is 2800. The Hall–Kier alpha value is -6.06. The van der Waals surface area contributed by atoms with Gasteiger partial charge in [-0.15, -0.1) is 5.06 Å². The standard InChI is InChI=1S/C53H64N4O10S/c1-33-20-22-41-39(31-33)51(5,6)43(56(41)30-16-28-54-50(62)53(9)27-26-38-36(4)48(61)34(2)35(3)49(38)66-53)17-12-10-13-18-44-52(7,8)40-32-37(68(63,64)65)21-23-42(40)55(44)29-15-11-14-19-47(60)67-57-45(58)24-25-46(57)59/h10,12-13,17-18,20-23,31-32H,11,14-16,19,24-30H2,1-9H3,(H2-,54,61,62,63,64,65)/p+1. The second-order valence-electron chi connectivity index (χ2n) is 19.7. The van der Waals surface area contributed by atoms with Crippen molar-refractivity contribution in [3.05, 3.63) is 111 Å². The van der Waals surface area contributed by atoms with Crippen LogP contribution in [0.2, 0.25) is 0 Å². The molecule has 3 aromatic rings. The molecule has 3 aromatic carbocycles. The molecular weight excluding hydrogens is 885 g/mol. The molecule has 1 atom stereocenters. The van der Waals surface area contributed by atoms with Crippen LogP contribution in [0.5, 0.6) is 11.5 Å². The summed E-state index contributed by atoms with van der Waals surface area (Å²) in [5.41, 5.74) is 8.50. The van der Waals surface area contributed by atoms with Gasteiger partial charge in [0.25, 0.3) is 27.8 Å². The lowest BCUT2D eigenvalue weighted by molar-refractivity contribution is -0.438. The molecule has 4 heterocycles. The highest BCUT2D eigenvalue weighted by atomic mass is 32.2. The highest BCUT2D eigenvalue weighted by Gasteiger charge is 2.45. The molecule has 68 heavy (non-hydrogen) atoms. The van der Waals surface area contributed by atoms with Crippen LogP contribution < -0.4 is 15.0 Å². The largest absolute Gasteiger partial charge is 0.507 e. The van der Waals surface area contributed by atoms with Gasteiger partial charge in [0, 0.05) is 85.3 Å². The monoisotopic (exact) mass is 949 g/mol. The summed E-state index contributed by atoms with van der Waals surface area (Å²) in [7, 11) is -4.45. The number of benzene rings is 3. The number of hydrogen-bond acceptors (Lipinski definition) is 10. The maximum absolute atomic E-state index is 13.7. The number of nitrogens with one attached hydrogen (secondary N) is 1. The summed E-state index contributed by atoms with van der Waals surface area (Å²) in [4.78, 5) is 57.0. The molecule has 0 bridgehead atoms. The van der Waals surface area contributed by atoms with E-state index < -0.39 is 38.9 Å². The Morgan fingerprint density at radius 3 is 2.28 bits per heavy atom. The van der Waals surface area contributed by atoms with Crippen LogP contribution in [0.15, 0.2) is 77.4 Å². The number of allylic oxidation sites excluding steroid dienone is 6. The lowest BCUT2D eigenvalue weighted by atomic mass is 9.81. The van der Waals surface area contributed by atoms with Gasteiger partial charge in [-0.3, -0.25) is 18.9 Å². The van der Waals surface area contributed by atoms with E-state index in [0.717, 1.165) is 50.6 Å². The van der Waals surface area contributed by atoms with Gasteiger partial charge in [0.1, 0.15) is 18.0 Å². The number of unbranched alkanes of at least 4 members (excludes halogenated alkanes) is 2. The van der Waals surface area contributed by atoms with Crippen LogP contribution in [0.25, 0.3) is 0 Å². The predicted molar refractivity (Wildman–Crippen MR) is 260 cm³/mol. The SMILES string of the molecule is Cc1ccc2c(c1)C(C)(C)C(=CC=CC=CC1=[N+](CCCCCC(=O)ON3C(=O)CCC3=O)c3ccc(S(=O)(=O)O)cc3C1(C)C)N2CCCNC(=O)C1(C)CCc2c(C)c(O)c(C)c(C)c2O1. The van der Waals surface area contributed by atoms with Gasteiger partial charge >= 0.3 is 5.97 Å². The van der Waals surface area contributed by atoms with Gasteiger partial charge in [-0.25, -0.2) is 4.79 Å². The summed E-state index contributed by atoms with van der Waals surface area (Å²) in [5.74, 6) is -0.861. The van der Waals surface area contributed by atoms with Gasteiger partial charge in [0.2, 0.25) is 5.69 Å². The Morgan fingerprint density at radius 2 is 1.57 bits per heavy atom. The van der Waals surface area contributed by atoms with Gasteiger partial charge in [-0.1, -0.05) is 49.8 Å². The number of ether oxygens (including phenoxy) is 1. The maximum atomic E-state index is 13.7. The van der Waals surface area contributed by atoms with E-state index in [0.29, 0.717) is 69.0 Å². The van der Waals surface area contributed by atoms with E-state index in [9.17, 15) is 37.3 Å². The zero-order chi connectivity index (χ0) is 49.5. The number of carbonyl (C=O) groups excluding carboxylic acids is 4. The second kappa shape index (κ2) is 19.1. The van der Waals surface area contributed by atoms with E-state index in [4.69, 9.17) is 9.57 Å². The summed E-state index contributed by atoms with van der Waals surface area (Å²) in [6.45, 7) is 19.7. The Labute approximate surface area is 400 Å². The number of aromatic hydroxyl groups is 1. The molecule has 0 aromatic heterocycles. The van der Waals surface area contributed by atoms with E-state index in [1.807, 2.05) is 65.8 Å². The highest BCUT2D eigenvalue weighted by Crippen LogP contribution is 2.48. The van der Waals surface area contributed by atoms with Crippen molar-refractivity contribution < 1.29 is 51.4 Å². The molecule has 4 aliphatic heterocycles. The topological polar surface area (TPSA) is 183 Å². The molecule has 0 aliphatic carbocycles. The number of phenolic OH excluding ortho intramolecular Hbond substituents is 1. The molecule has 4 aliphatic rings. The number of carbonyl (C=O) groups is 4. The van der Waals surface area contributed by atoms with Crippen molar-refractivity contribution >= 4 is 50.9 Å². The number of phenols is 1. The van der Waals surface area contributed by atoms with E-state index in [1.165, 1.54) is 23.3 Å². The third-order valence-corrected chi connectivity index (χ3v) is 15.1. The second-order valence-corrected chi connectivity index (χ2v) is 21.2. The minimum atomic E-state index is -4.45. The number of fused-ring (bicyclic) bond motifs is 3. The maximum Gasteiger partial charge on any atom is 0.333 e. The fraction of sp³-hybridized carbons (Fsp3) is 0.453. The number of hydroxylamine groups is 2. The van der Waals surface area contributed by atoms with E-state index in [2.05, 4.69) is 59.8 Å². The Morgan fingerprint density at radius 1 is 0.853 bits per heavy atom. The van der Waals surface area contributed by atoms with Gasteiger partial charge in [-0.2, -0.15) is 13.0 Å². The van der Waals surface area contributed by atoms with Gasteiger partial charge < -0.3 is 24.9 Å². The molecule has 1 unspecified atom stereocenters. The fourth-order valence-electron chi connectivity index (χ4n) is 10.00. The van der Waals surface area contributed by atoms with Crippen LogP contribution in [0.4, 0.5) is 11.4 Å². The quantitative estimate of drug-likeness (QED) is 0.0412. The van der Waals surface area contributed by atoms with Crippen molar-refractivity contribution in [2.75, 3.05) is 24.5 Å². The molecule has 7 rings (SSSR count). The number of amides is 3. The van der Waals surface area contributed by atoms with Gasteiger partial charge in [-0.05, 0) is 121 Å². The Kier molecular flexibility index (Phi) is 14.0. The van der Waals surface area contributed by atoms with E-state index in [-0.39, 0.29) is 41.2 Å². The lowest BCUT2D eigenvalue weighted by Gasteiger charge is -2.36. The van der Waals surface area contributed by atoms with Crippen molar-refractivity contribution in [1.82, 2.24) is 10.4 Å². The first-order valence-corrected chi connectivity index (χ1v) is 25.0. The zero-order valence-corrected chi connectivity index (χ0v) is 41.6. The van der Waals surface area contributed by atoms with Crippen LogP contribution in [0, 0.1) is 27.7 Å². The molecule has 1 saturated heterocycles. The molecule has 0 saturated carbocycles. The first-order valence-electron chi connectivity index (χ1n) is 23.5. The number of anilines is 1. The average Bonchev–Trinajstić information content (AvgIpc) is 3.79. The predicted octanol–water partition coefficient (Wildman–Crippen LogP) is 8.50. The molecule has 14 nitrogen and oxygen atoms in total. The summed E-state index contributed by atoms with van der Waals surface area (Å²) >= 11 is 0. The smallest absolute Gasteiger partial charge is 0.333 e. The Balaban J connectivity index is 1.05. The first-order chi connectivity index (χ1) is 32.0. The zero-order valence-electron chi connectivity index (χ0n) is 40.7. The minimum Gasteiger partial charge on any atom is -0.507 e. The average molecular weight is 950 g/mol. The van der Waals surface area contributed by atoms with E-state index >= 15 is 0 Å². The molecule has 3 N–H and O–H groups in total. The number of rotatable bonds is 16. The van der Waals surface area contributed by atoms with Crippen molar-refractivity contribution in [3.63, 3.8) is 0 Å². The molecule has 15 heteroatoms. The molecule has 3 amide bonds. The van der Waals surface area contributed by atoms with Crippen molar-refractivity contribution in [3.8, 4) is 11.5 Å².